The molecule has 0 saturated carbocycles. The van der Waals surface area contributed by atoms with Crippen LogP contribution in [-0.2, 0) is 6.61 Å². The molecule has 0 saturated heterocycles. The molecule has 1 heterocycles. The van der Waals surface area contributed by atoms with Crippen molar-refractivity contribution in [1.29, 1.82) is 0 Å². The van der Waals surface area contributed by atoms with E-state index in [1.165, 1.54) is 5.56 Å². The summed E-state index contributed by atoms with van der Waals surface area (Å²) in [5, 5.41) is 0.494. The van der Waals surface area contributed by atoms with Gasteiger partial charge in [0.05, 0.1) is 0 Å². The molecule has 1 aromatic heterocycles. The van der Waals surface area contributed by atoms with E-state index in [4.69, 9.17) is 16.3 Å². The van der Waals surface area contributed by atoms with Crippen molar-refractivity contribution in [3.8, 4) is 5.75 Å². The van der Waals surface area contributed by atoms with E-state index in [0.29, 0.717) is 11.8 Å². The third kappa shape index (κ3) is 3.02. The van der Waals surface area contributed by atoms with Gasteiger partial charge in [0.1, 0.15) is 17.5 Å². The monoisotopic (exact) mass is 261 g/mol. The Morgan fingerprint density at radius 3 is 2.39 bits per heavy atom. The average Bonchev–Trinajstić information content (AvgIpc) is 2.27. The van der Waals surface area contributed by atoms with Gasteiger partial charge in [0.2, 0.25) is 0 Å². The maximum atomic E-state index is 5.88. The van der Waals surface area contributed by atoms with Gasteiger partial charge in [-0.1, -0.05) is 29.3 Å². The summed E-state index contributed by atoms with van der Waals surface area (Å²) in [6.07, 6.45) is 1.69. The van der Waals surface area contributed by atoms with E-state index in [-0.39, 0.29) is 0 Å². The Balaban J connectivity index is 2.16. The molecular formula is C15H16ClNO. The van der Waals surface area contributed by atoms with Crippen LogP contribution in [0.4, 0.5) is 0 Å². The highest BCUT2D eigenvalue weighted by Crippen LogP contribution is 2.25. The number of halogens is 1. The lowest BCUT2D eigenvalue weighted by atomic mass is 10.1. The molecule has 2 nitrogen and oxygen atoms in total. The van der Waals surface area contributed by atoms with Crippen LogP contribution in [0.2, 0.25) is 5.15 Å². The number of rotatable bonds is 3. The predicted molar refractivity (Wildman–Crippen MR) is 74.2 cm³/mol. The van der Waals surface area contributed by atoms with E-state index in [0.717, 1.165) is 22.4 Å². The van der Waals surface area contributed by atoms with E-state index >= 15 is 0 Å². The second-order valence-corrected chi connectivity index (χ2v) is 4.89. The molecule has 3 heteroatoms. The summed E-state index contributed by atoms with van der Waals surface area (Å²) in [6, 6.07) is 7.98. The zero-order valence-corrected chi connectivity index (χ0v) is 11.6. The van der Waals surface area contributed by atoms with E-state index in [9.17, 15) is 0 Å². The summed E-state index contributed by atoms with van der Waals surface area (Å²) >= 11 is 5.84. The fourth-order valence-electron chi connectivity index (χ4n) is 2.08. The zero-order valence-electron chi connectivity index (χ0n) is 10.8. The molecule has 0 bridgehead atoms. The summed E-state index contributed by atoms with van der Waals surface area (Å²) in [4.78, 5) is 3.95. The number of hydrogen-bond donors (Lipinski definition) is 0. The molecule has 0 atom stereocenters. The molecule has 0 aliphatic rings. The molecule has 0 fully saturated rings. The lowest BCUT2D eigenvalue weighted by Gasteiger charge is -2.13. The molecule has 0 amide bonds. The second-order valence-electron chi connectivity index (χ2n) is 4.50. The molecule has 18 heavy (non-hydrogen) atoms. The van der Waals surface area contributed by atoms with Crippen LogP contribution in [-0.4, -0.2) is 4.98 Å². The number of aryl methyl sites for hydroxylation is 3. The molecule has 0 spiro atoms. The van der Waals surface area contributed by atoms with Crippen LogP contribution >= 0.6 is 11.6 Å². The SMILES string of the molecule is Cc1cc(C)c(OCc2ccnc(Cl)c2)c(C)c1. The quantitative estimate of drug-likeness (QED) is 0.771. The first-order valence-corrected chi connectivity index (χ1v) is 6.25. The third-order valence-electron chi connectivity index (χ3n) is 2.78. The summed E-state index contributed by atoms with van der Waals surface area (Å²) in [5.41, 5.74) is 4.60. The van der Waals surface area contributed by atoms with Crippen molar-refractivity contribution in [1.82, 2.24) is 4.98 Å². The fourth-order valence-corrected chi connectivity index (χ4v) is 2.28. The standard InChI is InChI=1S/C15H16ClNO/c1-10-6-11(2)15(12(3)7-10)18-9-13-4-5-17-14(16)8-13/h4-8H,9H2,1-3H3. The van der Waals surface area contributed by atoms with Crippen LogP contribution in [0.15, 0.2) is 30.5 Å². The predicted octanol–water partition coefficient (Wildman–Crippen LogP) is 4.24. The third-order valence-corrected chi connectivity index (χ3v) is 2.99. The molecule has 1 aromatic carbocycles. The van der Waals surface area contributed by atoms with Crippen LogP contribution in [0.3, 0.4) is 0 Å². The van der Waals surface area contributed by atoms with Crippen LogP contribution in [0.25, 0.3) is 0 Å². The van der Waals surface area contributed by atoms with Crippen LogP contribution < -0.4 is 4.74 Å². The molecule has 0 N–H and O–H groups in total. The van der Waals surface area contributed by atoms with E-state index in [2.05, 4.69) is 37.9 Å². The Morgan fingerprint density at radius 2 is 1.78 bits per heavy atom. The molecule has 0 radical (unpaired) electrons. The minimum atomic E-state index is 0.494. The smallest absolute Gasteiger partial charge is 0.129 e. The minimum Gasteiger partial charge on any atom is -0.488 e. The normalized spacial score (nSPS) is 10.4. The summed E-state index contributed by atoms with van der Waals surface area (Å²) in [6.45, 7) is 6.73. The number of aromatic nitrogens is 1. The largest absolute Gasteiger partial charge is 0.488 e. The number of nitrogens with zero attached hydrogens (tertiary/aromatic N) is 1. The maximum Gasteiger partial charge on any atom is 0.129 e. The van der Waals surface area contributed by atoms with Gasteiger partial charge in [-0.3, -0.25) is 0 Å². The van der Waals surface area contributed by atoms with Crippen molar-refractivity contribution < 1.29 is 4.74 Å². The van der Waals surface area contributed by atoms with Gasteiger partial charge in [-0.2, -0.15) is 0 Å². The molecule has 2 rings (SSSR count). The van der Waals surface area contributed by atoms with Crippen LogP contribution in [0.5, 0.6) is 5.75 Å². The van der Waals surface area contributed by atoms with Crippen molar-refractivity contribution in [2.24, 2.45) is 0 Å². The first-order chi connectivity index (χ1) is 8.56. The number of ether oxygens (including phenoxy) is 1. The van der Waals surface area contributed by atoms with Crippen LogP contribution in [0.1, 0.15) is 22.3 Å². The minimum absolute atomic E-state index is 0.494. The summed E-state index contributed by atoms with van der Waals surface area (Å²) < 4.78 is 5.88. The lowest BCUT2D eigenvalue weighted by Crippen LogP contribution is -1.99. The van der Waals surface area contributed by atoms with E-state index in [1.54, 1.807) is 6.20 Å². The Hall–Kier alpha value is -1.54. The van der Waals surface area contributed by atoms with E-state index < -0.39 is 0 Å². The summed E-state index contributed by atoms with van der Waals surface area (Å²) in [7, 11) is 0. The molecule has 0 unspecified atom stereocenters. The van der Waals surface area contributed by atoms with Crippen molar-refractivity contribution >= 4 is 11.6 Å². The molecule has 0 aliphatic carbocycles. The van der Waals surface area contributed by atoms with Crippen molar-refractivity contribution in [2.45, 2.75) is 27.4 Å². The zero-order chi connectivity index (χ0) is 13.1. The van der Waals surface area contributed by atoms with Crippen molar-refractivity contribution in [3.63, 3.8) is 0 Å². The fraction of sp³-hybridized carbons (Fsp3) is 0.267. The van der Waals surface area contributed by atoms with Crippen LogP contribution in [0, 0.1) is 20.8 Å². The highest BCUT2D eigenvalue weighted by Gasteiger charge is 2.05. The Labute approximate surface area is 113 Å². The first kappa shape index (κ1) is 12.9. The van der Waals surface area contributed by atoms with Gasteiger partial charge in [-0.25, -0.2) is 4.98 Å². The van der Waals surface area contributed by atoms with Gasteiger partial charge in [0, 0.05) is 6.20 Å². The molecule has 2 aromatic rings. The maximum absolute atomic E-state index is 5.88. The van der Waals surface area contributed by atoms with Crippen molar-refractivity contribution in [2.75, 3.05) is 0 Å². The Kier molecular flexibility index (Phi) is 3.87. The van der Waals surface area contributed by atoms with Crippen molar-refractivity contribution in [3.05, 3.63) is 57.9 Å². The summed E-state index contributed by atoms with van der Waals surface area (Å²) in [5.74, 6) is 0.952. The number of hydrogen-bond acceptors (Lipinski definition) is 2. The molecule has 0 aliphatic heterocycles. The average molecular weight is 262 g/mol. The number of benzene rings is 1. The Bertz CT molecular complexity index is 543. The topological polar surface area (TPSA) is 22.1 Å². The first-order valence-electron chi connectivity index (χ1n) is 5.87. The van der Waals surface area contributed by atoms with Gasteiger partial charge < -0.3 is 4.74 Å². The number of pyridine rings is 1. The van der Waals surface area contributed by atoms with Gasteiger partial charge >= 0.3 is 0 Å². The van der Waals surface area contributed by atoms with Gasteiger partial charge in [0.25, 0.3) is 0 Å². The van der Waals surface area contributed by atoms with Gasteiger partial charge in [-0.05, 0) is 49.6 Å². The lowest BCUT2D eigenvalue weighted by molar-refractivity contribution is 0.302. The van der Waals surface area contributed by atoms with E-state index in [1.807, 2.05) is 12.1 Å². The highest BCUT2D eigenvalue weighted by atomic mass is 35.5. The molecular weight excluding hydrogens is 246 g/mol. The van der Waals surface area contributed by atoms with Gasteiger partial charge in [-0.15, -0.1) is 0 Å². The second kappa shape index (κ2) is 5.40. The highest BCUT2D eigenvalue weighted by molar-refractivity contribution is 6.29. The Morgan fingerprint density at radius 1 is 1.11 bits per heavy atom. The van der Waals surface area contributed by atoms with Gasteiger partial charge in [0.15, 0.2) is 0 Å². The molecule has 94 valence electrons.